The van der Waals surface area contributed by atoms with Crippen LogP contribution in [0.15, 0.2) is 18.2 Å². The number of carbonyl (C=O) groups is 2. The molecule has 32 heavy (non-hydrogen) atoms. The van der Waals surface area contributed by atoms with Gasteiger partial charge >= 0.3 is 12.2 Å². The molecule has 0 aliphatic carbocycles. The number of nitrogens with one attached hydrogen (secondary N) is 2. The fraction of sp³-hybridized carbons (Fsp3) is 0.478. The molecule has 3 rings (SSSR count). The lowest BCUT2D eigenvalue weighted by Crippen LogP contribution is -2.31. The summed E-state index contributed by atoms with van der Waals surface area (Å²) in [5.41, 5.74) is 3.37. The molecule has 174 valence electrons. The Morgan fingerprint density at radius 3 is 2.12 bits per heavy atom. The van der Waals surface area contributed by atoms with E-state index in [-0.39, 0.29) is 25.3 Å². The van der Waals surface area contributed by atoms with Gasteiger partial charge in [-0.05, 0) is 58.7 Å². The molecule has 0 spiro atoms. The summed E-state index contributed by atoms with van der Waals surface area (Å²) in [4.78, 5) is 24.2. The number of benzene rings is 1. The summed E-state index contributed by atoms with van der Waals surface area (Å²) in [6.45, 7) is 7.82. The average Bonchev–Trinajstić information content (AvgIpc) is 3.26. The predicted molar refractivity (Wildman–Crippen MR) is 115 cm³/mol. The summed E-state index contributed by atoms with van der Waals surface area (Å²) >= 11 is 0. The second-order valence-corrected chi connectivity index (χ2v) is 8.39. The van der Waals surface area contributed by atoms with Crippen molar-refractivity contribution in [3.8, 4) is 11.3 Å². The third-order valence-corrected chi connectivity index (χ3v) is 5.09. The van der Waals surface area contributed by atoms with Crippen molar-refractivity contribution in [2.45, 2.75) is 72.4 Å². The van der Waals surface area contributed by atoms with Crippen LogP contribution in [-0.2, 0) is 35.7 Å². The van der Waals surface area contributed by atoms with Crippen molar-refractivity contribution in [3.05, 3.63) is 46.7 Å². The largest absolute Gasteiger partial charge is 0.445 e. The van der Waals surface area contributed by atoms with Gasteiger partial charge in [-0.1, -0.05) is 0 Å². The van der Waals surface area contributed by atoms with Crippen molar-refractivity contribution >= 4 is 12.2 Å². The highest BCUT2D eigenvalue weighted by molar-refractivity contribution is 5.71. The zero-order chi connectivity index (χ0) is 23.4. The summed E-state index contributed by atoms with van der Waals surface area (Å²) < 4.78 is 40.4. The van der Waals surface area contributed by atoms with E-state index in [4.69, 9.17) is 9.47 Å². The Morgan fingerprint density at radius 2 is 1.56 bits per heavy atom. The summed E-state index contributed by atoms with van der Waals surface area (Å²) in [5, 5.41) is 5.33. The number of hydrogen-bond acceptors (Lipinski definition) is 4. The lowest BCUT2D eigenvalue weighted by molar-refractivity contribution is 0.129. The number of ether oxygens (including phenoxy) is 2. The zero-order valence-corrected chi connectivity index (χ0v) is 18.8. The van der Waals surface area contributed by atoms with Crippen molar-refractivity contribution < 1.29 is 27.8 Å². The highest BCUT2D eigenvalue weighted by Gasteiger charge is 2.28. The number of amides is 2. The molecular weight excluding hydrogens is 420 g/mol. The molecule has 1 aliphatic rings. The first-order chi connectivity index (χ1) is 15.2. The van der Waals surface area contributed by atoms with Crippen LogP contribution < -0.4 is 10.6 Å². The van der Waals surface area contributed by atoms with Crippen molar-refractivity contribution in [3.63, 3.8) is 0 Å². The summed E-state index contributed by atoms with van der Waals surface area (Å²) in [7, 11) is 0. The molecule has 2 N–H and O–H groups in total. The van der Waals surface area contributed by atoms with Crippen LogP contribution in [0.1, 0.15) is 50.9 Å². The maximum absolute atomic E-state index is 14.0. The van der Waals surface area contributed by atoms with Gasteiger partial charge in [-0.2, -0.15) is 0 Å². The maximum Gasteiger partial charge on any atom is 0.407 e. The van der Waals surface area contributed by atoms with E-state index < -0.39 is 23.8 Å². The third-order valence-electron chi connectivity index (χ3n) is 5.09. The number of aromatic nitrogens is 1. The van der Waals surface area contributed by atoms with E-state index in [1.54, 1.807) is 0 Å². The number of alkyl carbamates (subject to hydrolysis) is 2. The average molecular weight is 449 g/mol. The summed E-state index contributed by atoms with van der Waals surface area (Å²) in [5.74, 6) is -1.90. The number of hydrogen-bond donors (Lipinski definition) is 2. The predicted octanol–water partition coefficient (Wildman–Crippen LogP) is 4.65. The number of halogens is 2. The van der Waals surface area contributed by atoms with E-state index in [0.717, 1.165) is 36.2 Å². The lowest BCUT2D eigenvalue weighted by Gasteiger charge is -2.14. The number of nitrogens with zero attached hydrogens (tertiary/aromatic N) is 1. The van der Waals surface area contributed by atoms with Crippen LogP contribution in [0.4, 0.5) is 18.4 Å². The molecule has 1 aromatic heterocycles. The molecule has 7 nitrogen and oxygen atoms in total. The first kappa shape index (κ1) is 23.6. The van der Waals surface area contributed by atoms with Crippen LogP contribution in [0.5, 0.6) is 0 Å². The lowest BCUT2D eigenvalue weighted by atomic mass is 10.0. The standard InChI is InChI=1S/C23H29F2N3O4/c1-13(2)26-22(29)31-11-16-17(12-32-23(30)27-14(3)4)21(28-9-5-6-20(16)28)15-7-8-18(24)19(25)10-15/h7-8,10,13-14H,5-6,9,11-12H2,1-4H3,(H,26,29)(H,27,30). The van der Waals surface area contributed by atoms with Gasteiger partial charge in [0.25, 0.3) is 0 Å². The molecule has 0 saturated carbocycles. The van der Waals surface area contributed by atoms with Crippen LogP contribution in [0.3, 0.4) is 0 Å². The molecule has 2 aromatic rings. The Balaban J connectivity index is 1.99. The van der Waals surface area contributed by atoms with Crippen molar-refractivity contribution in [2.75, 3.05) is 0 Å². The highest BCUT2D eigenvalue weighted by Crippen LogP contribution is 2.37. The topological polar surface area (TPSA) is 81.6 Å². The second-order valence-electron chi connectivity index (χ2n) is 8.39. The van der Waals surface area contributed by atoms with Gasteiger partial charge in [0.2, 0.25) is 0 Å². The molecule has 0 unspecified atom stereocenters. The van der Waals surface area contributed by atoms with Gasteiger partial charge in [0.1, 0.15) is 13.2 Å². The summed E-state index contributed by atoms with van der Waals surface area (Å²) in [6.07, 6.45) is 0.453. The Labute approximate surface area is 186 Å². The minimum atomic E-state index is -0.963. The SMILES string of the molecule is CC(C)NC(=O)OCc1c(COC(=O)NC(C)C)c(-c2ccc(F)c(F)c2)n2c1CCC2. The van der Waals surface area contributed by atoms with E-state index in [0.29, 0.717) is 23.4 Å². The van der Waals surface area contributed by atoms with E-state index in [9.17, 15) is 18.4 Å². The van der Waals surface area contributed by atoms with E-state index in [1.807, 2.05) is 32.3 Å². The fourth-order valence-corrected chi connectivity index (χ4v) is 3.84. The molecule has 0 bridgehead atoms. The molecule has 9 heteroatoms. The number of carbonyl (C=O) groups excluding carboxylic acids is 2. The summed E-state index contributed by atoms with van der Waals surface area (Å²) in [6, 6.07) is 3.51. The minimum Gasteiger partial charge on any atom is -0.445 e. The van der Waals surface area contributed by atoms with Gasteiger partial charge in [-0.3, -0.25) is 0 Å². The fourth-order valence-electron chi connectivity index (χ4n) is 3.84. The van der Waals surface area contributed by atoms with E-state index in [2.05, 4.69) is 10.6 Å². The second kappa shape index (κ2) is 10.0. The molecule has 0 fully saturated rings. The maximum atomic E-state index is 14.0. The Hall–Kier alpha value is -3.10. The Kier molecular flexibility index (Phi) is 7.37. The van der Waals surface area contributed by atoms with Gasteiger partial charge in [0.05, 0.1) is 5.69 Å². The van der Waals surface area contributed by atoms with Crippen LogP contribution in [-0.4, -0.2) is 28.8 Å². The Morgan fingerprint density at radius 1 is 0.969 bits per heavy atom. The molecule has 0 atom stereocenters. The van der Waals surface area contributed by atoms with E-state index in [1.165, 1.54) is 6.07 Å². The number of rotatable bonds is 7. The monoisotopic (exact) mass is 449 g/mol. The first-order valence-electron chi connectivity index (χ1n) is 10.7. The van der Waals surface area contributed by atoms with Crippen molar-refractivity contribution in [1.82, 2.24) is 15.2 Å². The van der Waals surface area contributed by atoms with Crippen LogP contribution >= 0.6 is 0 Å². The van der Waals surface area contributed by atoms with Crippen molar-refractivity contribution in [1.29, 1.82) is 0 Å². The molecule has 1 aromatic carbocycles. The van der Waals surface area contributed by atoms with Gasteiger partial charge < -0.3 is 24.7 Å². The molecule has 0 radical (unpaired) electrons. The van der Waals surface area contributed by atoms with E-state index >= 15 is 0 Å². The highest BCUT2D eigenvalue weighted by atomic mass is 19.2. The van der Waals surface area contributed by atoms with Gasteiger partial charge in [-0.15, -0.1) is 0 Å². The molecular formula is C23H29F2N3O4. The van der Waals surface area contributed by atoms with Crippen LogP contribution in [0.2, 0.25) is 0 Å². The van der Waals surface area contributed by atoms with Gasteiger partial charge in [0.15, 0.2) is 11.6 Å². The molecule has 1 aliphatic heterocycles. The quantitative estimate of drug-likeness (QED) is 0.645. The normalized spacial score (nSPS) is 12.8. The zero-order valence-electron chi connectivity index (χ0n) is 18.8. The molecule has 2 amide bonds. The van der Waals surface area contributed by atoms with Crippen molar-refractivity contribution in [2.24, 2.45) is 0 Å². The van der Waals surface area contributed by atoms with Crippen LogP contribution in [0, 0.1) is 11.6 Å². The minimum absolute atomic E-state index is 0.0257. The molecule has 2 heterocycles. The Bertz CT molecular complexity index is 1000. The van der Waals surface area contributed by atoms with Gasteiger partial charge in [-0.25, -0.2) is 18.4 Å². The smallest absolute Gasteiger partial charge is 0.407 e. The third kappa shape index (κ3) is 5.38. The number of fused-ring (bicyclic) bond motifs is 1. The van der Waals surface area contributed by atoms with Crippen LogP contribution in [0.25, 0.3) is 11.3 Å². The first-order valence-corrected chi connectivity index (χ1v) is 10.7. The molecule has 0 saturated heterocycles. The van der Waals surface area contributed by atoms with Gasteiger partial charge in [0, 0.05) is 41.0 Å².